The van der Waals surface area contributed by atoms with Gasteiger partial charge in [0.05, 0.1) is 19.9 Å². The molecule has 2 rings (SSSR count). The van der Waals surface area contributed by atoms with Crippen molar-refractivity contribution in [3.8, 4) is 22.9 Å². The van der Waals surface area contributed by atoms with Crippen LogP contribution < -0.4 is 15.2 Å². The number of methoxy groups -OCH3 is 2. The van der Waals surface area contributed by atoms with E-state index in [1.165, 1.54) is 14.2 Å². The number of benzene rings is 1. The molecule has 0 bridgehead atoms. The van der Waals surface area contributed by atoms with E-state index >= 15 is 0 Å². The van der Waals surface area contributed by atoms with Crippen molar-refractivity contribution in [2.24, 2.45) is 0 Å². The Morgan fingerprint density at radius 2 is 1.71 bits per heavy atom. The number of hydrogen-bond donors (Lipinski definition) is 2. The molecule has 3 N–H and O–H groups in total. The number of rotatable bonds is 4. The molecule has 1 aromatic carbocycles. The lowest BCUT2D eigenvalue weighted by atomic mass is 10.1. The zero-order chi connectivity index (χ0) is 15.6. The third-order valence-corrected chi connectivity index (χ3v) is 2.94. The Balaban J connectivity index is 2.59. The fourth-order valence-electron chi connectivity index (χ4n) is 1.93. The summed E-state index contributed by atoms with van der Waals surface area (Å²) < 4.78 is 10.4. The van der Waals surface area contributed by atoms with Crippen molar-refractivity contribution >= 4 is 11.8 Å². The number of hydrogen-bond acceptors (Lipinski definition) is 6. The highest BCUT2D eigenvalue weighted by atomic mass is 16.5. The van der Waals surface area contributed by atoms with Crippen LogP contribution in [0.4, 0.5) is 5.82 Å². The molecule has 0 aliphatic heterocycles. The molecule has 0 aliphatic carbocycles. The fraction of sp³-hybridized carbons (Fsp3) is 0.214. The Labute approximate surface area is 121 Å². The van der Waals surface area contributed by atoms with Crippen LogP contribution >= 0.6 is 0 Å². The molecule has 0 saturated carbocycles. The zero-order valence-corrected chi connectivity index (χ0v) is 11.9. The topological polar surface area (TPSA) is 108 Å². The van der Waals surface area contributed by atoms with Gasteiger partial charge in [0.2, 0.25) is 0 Å². The largest absolute Gasteiger partial charge is 0.497 e. The van der Waals surface area contributed by atoms with Gasteiger partial charge in [0, 0.05) is 11.6 Å². The van der Waals surface area contributed by atoms with Gasteiger partial charge in [-0.05, 0) is 19.1 Å². The summed E-state index contributed by atoms with van der Waals surface area (Å²) >= 11 is 0. The van der Waals surface area contributed by atoms with Gasteiger partial charge in [0.25, 0.3) is 0 Å². The SMILES string of the molecule is COc1cc(OC)cc(-c2nc(C)c(C(=O)O)c(N)n2)c1. The smallest absolute Gasteiger partial charge is 0.341 e. The minimum Gasteiger partial charge on any atom is -0.497 e. The lowest BCUT2D eigenvalue weighted by Gasteiger charge is -2.10. The molecule has 7 nitrogen and oxygen atoms in total. The van der Waals surface area contributed by atoms with E-state index in [2.05, 4.69) is 9.97 Å². The van der Waals surface area contributed by atoms with Crippen LogP contribution in [0.3, 0.4) is 0 Å². The van der Waals surface area contributed by atoms with E-state index in [4.69, 9.17) is 20.3 Å². The van der Waals surface area contributed by atoms with Gasteiger partial charge in [-0.2, -0.15) is 0 Å². The summed E-state index contributed by atoms with van der Waals surface area (Å²) in [5, 5.41) is 9.07. The van der Waals surface area contributed by atoms with E-state index in [0.29, 0.717) is 28.6 Å². The summed E-state index contributed by atoms with van der Waals surface area (Å²) in [6.07, 6.45) is 0. The first-order valence-corrected chi connectivity index (χ1v) is 6.07. The number of carbonyl (C=O) groups is 1. The maximum absolute atomic E-state index is 11.1. The average Bonchev–Trinajstić information content (AvgIpc) is 2.45. The van der Waals surface area contributed by atoms with Crippen LogP contribution in [0, 0.1) is 6.92 Å². The van der Waals surface area contributed by atoms with Crippen molar-refractivity contribution in [3.05, 3.63) is 29.5 Å². The lowest BCUT2D eigenvalue weighted by molar-refractivity contribution is 0.0696. The standard InChI is InChI=1S/C14H15N3O4/c1-7-11(14(18)19)12(15)17-13(16-7)8-4-9(20-2)6-10(5-8)21-3/h4-6H,1-3H3,(H,18,19)(H2,15,16,17). The number of aryl methyl sites for hydroxylation is 1. The minimum absolute atomic E-state index is 0.0770. The summed E-state index contributed by atoms with van der Waals surface area (Å²) in [4.78, 5) is 19.3. The monoisotopic (exact) mass is 289 g/mol. The van der Waals surface area contributed by atoms with Gasteiger partial charge in [0.1, 0.15) is 22.9 Å². The second-order valence-electron chi connectivity index (χ2n) is 4.30. The van der Waals surface area contributed by atoms with Gasteiger partial charge in [0.15, 0.2) is 5.82 Å². The maximum Gasteiger partial charge on any atom is 0.341 e. The van der Waals surface area contributed by atoms with Crippen LogP contribution in [-0.4, -0.2) is 35.3 Å². The second kappa shape index (κ2) is 5.66. The molecule has 21 heavy (non-hydrogen) atoms. The highest BCUT2D eigenvalue weighted by molar-refractivity contribution is 5.94. The molecule has 0 unspecified atom stereocenters. The van der Waals surface area contributed by atoms with E-state index in [-0.39, 0.29) is 11.4 Å². The van der Waals surface area contributed by atoms with Gasteiger partial charge in [-0.1, -0.05) is 0 Å². The van der Waals surface area contributed by atoms with E-state index in [9.17, 15) is 4.79 Å². The molecule has 2 aromatic rings. The van der Waals surface area contributed by atoms with Crippen LogP contribution in [0.1, 0.15) is 16.1 Å². The lowest BCUT2D eigenvalue weighted by Crippen LogP contribution is -2.10. The highest BCUT2D eigenvalue weighted by Gasteiger charge is 2.17. The average molecular weight is 289 g/mol. The van der Waals surface area contributed by atoms with Crippen molar-refractivity contribution in [2.75, 3.05) is 20.0 Å². The number of nitrogen functional groups attached to an aromatic ring is 1. The number of nitrogens with zero attached hydrogens (tertiary/aromatic N) is 2. The molecule has 0 radical (unpaired) electrons. The molecule has 0 atom stereocenters. The first-order chi connectivity index (χ1) is 9.96. The molecule has 0 saturated heterocycles. The van der Waals surface area contributed by atoms with Crippen molar-refractivity contribution in [1.82, 2.24) is 9.97 Å². The predicted octanol–water partition coefficient (Wildman–Crippen LogP) is 1.75. The summed E-state index contributed by atoms with van der Waals surface area (Å²) in [6.45, 7) is 1.57. The first kappa shape index (κ1) is 14.6. The molecule has 0 amide bonds. The Morgan fingerprint density at radius 1 is 1.14 bits per heavy atom. The quantitative estimate of drug-likeness (QED) is 0.882. The summed E-state index contributed by atoms with van der Waals surface area (Å²) in [6, 6.07) is 5.15. The van der Waals surface area contributed by atoms with Crippen LogP contribution in [0.2, 0.25) is 0 Å². The van der Waals surface area contributed by atoms with Gasteiger partial charge < -0.3 is 20.3 Å². The number of anilines is 1. The van der Waals surface area contributed by atoms with Gasteiger partial charge >= 0.3 is 5.97 Å². The molecule has 7 heteroatoms. The number of carboxylic acids is 1. The van der Waals surface area contributed by atoms with Crippen molar-refractivity contribution in [2.45, 2.75) is 6.92 Å². The van der Waals surface area contributed by atoms with Gasteiger partial charge in [-0.15, -0.1) is 0 Å². The van der Waals surface area contributed by atoms with E-state index in [1.54, 1.807) is 25.1 Å². The molecule has 0 fully saturated rings. The maximum atomic E-state index is 11.1. The van der Waals surface area contributed by atoms with Crippen molar-refractivity contribution < 1.29 is 19.4 Å². The first-order valence-electron chi connectivity index (χ1n) is 6.07. The molecule has 110 valence electrons. The number of aromatic carboxylic acids is 1. The van der Waals surface area contributed by atoms with Crippen molar-refractivity contribution in [3.63, 3.8) is 0 Å². The van der Waals surface area contributed by atoms with Gasteiger partial charge in [-0.3, -0.25) is 0 Å². The molecule has 0 spiro atoms. The van der Waals surface area contributed by atoms with Gasteiger partial charge in [-0.25, -0.2) is 14.8 Å². The fourth-order valence-corrected chi connectivity index (χ4v) is 1.93. The Hall–Kier alpha value is -2.83. The Bertz CT molecular complexity index is 655. The number of ether oxygens (including phenoxy) is 2. The van der Waals surface area contributed by atoms with E-state index in [1.807, 2.05) is 0 Å². The zero-order valence-electron chi connectivity index (χ0n) is 11.9. The second-order valence-corrected chi connectivity index (χ2v) is 4.30. The molecule has 1 heterocycles. The Kier molecular flexibility index (Phi) is 3.93. The Morgan fingerprint density at radius 3 is 2.14 bits per heavy atom. The summed E-state index contributed by atoms with van der Waals surface area (Å²) in [5.41, 5.74) is 6.54. The third-order valence-electron chi connectivity index (χ3n) is 2.94. The summed E-state index contributed by atoms with van der Waals surface area (Å²) in [5.74, 6) is 0.233. The predicted molar refractivity (Wildman–Crippen MR) is 76.7 cm³/mol. The number of carboxylic acid groups (broad SMARTS) is 1. The van der Waals surface area contributed by atoms with E-state index < -0.39 is 5.97 Å². The molecule has 1 aromatic heterocycles. The highest BCUT2D eigenvalue weighted by Crippen LogP contribution is 2.29. The van der Waals surface area contributed by atoms with E-state index in [0.717, 1.165) is 0 Å². The normalized spacial score (nSPS) is 10.2. The van der Waals surface area contributed by atoms with Crippen LogP contribution in [0.5, 0.6) is 11.5 Å². The van der Waals surface area contributed by atoms with Crippen LogP contribution in [-0.2, 0) is 0 Å². The summed E-state index contributed by atoms with van der Waals surface area (Å²) in [7, 11) is 3.07. The molecular formula is C14H15N3O4. The number of aromatic nitrogens is 2. The van der Waals surface area contributed by atoms with Crippen LogP contribution in [0.15, 0.2) is 18.2 Å². The van der Waals surface area contributed by atoms with Crippen LogP contribution in [0.25, 0.3) is 11.4 Å². The molecule has 0 aliphatic rings. The van der Waals surface area contributed by atoms with Crippen molar-refractivity contribution in [1.29, 1.82) is 0 Å². The molecular weight excluding hydrogens is 274 g/mol. The minimum atomic E-state index is -1.15. The number of nitrogens with two attached hydrogens (primary N) is 1. The third kappa shape index (κ3) is 2.86.